The highest BCUT2D eigenvalue weighted by atomic mass is 16.3. The molecule has 0 atom stereocenters. The zero-order valence-electron chi connectivity index (χ0n) is 13.1. The second kappa shape index (κ2) is 6.54. The van der Waals surface area contributed by atoms with Crippen LogP contribution >= 0.6 is 0 Å². The highest BCUT2D eigenvalue weighted by molar-refractivity contribution is 5.82. The summed E-state index contributed by atoms with van der Waals surface area (Å²) in [5.41, 5.74) is 0.175. The second-order valence-electron chi connectivity index (χ2n) is 6.45. The van der Waals surface area contributed by atoms with Gasteiger partial charge in [0.25, 0.3) is 5.56 Å². The molecule has 0 aliphatic heterocycles. The molecule has 5 nitrogen and oxygen atoms in total. The van der Waals surface area contributed by atoms with Crippen LogP contribution in [-0.4, -0.2) is 28.1 Å². The lowest BCUT2D eigenvalue weighted by molar-refractivity contribution is -0.122. The third kappa shape index (κ3) is 3.79. The molecule has 0 saturated heterocycles. The predicted molar refractivity (Wildman–Crippen MR) is 89.3 cm³/mol. The Balaban J connectivity index is 1.65. The molecule has 3 N–H and O–H groups in total. The van der Waals surface area contributed by atoms with Gasteiger partial charge in [0.2, 0.25) is 5.91 Å². The number of carbonyl (C=O) groups is 1. The minimum atomic E-state index is -0.788. The van der Waals surface area contributed by atoms with E-state index in [0.717, 1.165) is 43.0 Å². The lowest BCUT2D eigenvalue weighted by Gasteiger charge is -2.32. The van der Waals surface area contributed by atoms with Gasteiger partial charge in [0, 0.05) is 17.6 Å². The largest absolute Gasteiger partial charge is 0.388 e. The normalized spacial score (nSPS) is 17.1. The number of aromatic nitrogens is 1. The lowest BCUT2D eigenvalue weighted by Crippen LogP contribution is -2.44. The Kier molecular flexibility index (Phi) is 4.48. The Morgan fingerprint density at radius 3 is 2.74 bits per heavy atom. The number of fused-ring (bicyclic) bond motifs is 1. The van der Waals surface area contributed by atoms with Gasteiger partial charge in [0.15, 0.2) is 0 Å². The van der Waals surface area contributed by atoms with Gasteiger partial charge in [-0.3, -0.25) is 9.59 Å². The van der Waals surface area contributed by atoms with Crippen LogP contribution in [0, 0.1) is 0 Å². The number of nitrogens with one attached hydrogen (secondary N) is 2. The van der Waals surface area contributed by atoms with Gasteiger partial charge >= 0.3 is 0 Å². The van der Waals surface area contributed by atoms with E-state index in [0.29, 0.717) is 5.56 Å². The van der Waals surface area contributed by atoms with Crippen LogP contribution in [0.1, 0.15) is 37.7 Å². The fourth-order valence-corrected chi connectivity index (χ4v) is 3.21. The smallest absolute Gasteiger partial charge is 0.252 e. The molecule has 1 aromatic heterocycles. The number of rotatable bonds is 4. The zero-order chi connectivity index (χ0) is 16.3. The number of para-hydroxylation sites is 1. The first-order chi connectivity index (χ1) is 11.1. The summed E-state index contributed by atoms with van der Waals surface area (Å²) in [5.74, 6) is -0.232. The fraction of sp³-hybridized carbons (Fsp3) is 0.444. The van der Waals surface area contributed by atoms with Crippen molar-refractivity contribution in [3.05, 3.63) is 46.2 Å². The summed E-state index contributed by atoms with van der Waals surface area (Å²) in [6.07, 6.45) is 4.61. The summed E-state index contributed by atoms with van der Waals surface area (Å²) < 4.78 is 0. The summed E-state index contributed by atoms with van der Waals surface area (Å²) in [5, 5.41) is 14.1. The molecule has 1 amide bonds. The van der Waals surface area contributed by atoms with Gasteiger partial charge in [-0.25, -0.2) is 0 Å². The van der Waals surface area contributed by atoms with Gasteiger partial charge < -0.3 is 15.4 Å². The Morgan fingerprint density at radius 2 is 1.96 bits per heavy atom. The van der Waals surface area contributed by atoms with Gasteiger partial charge in [-0.1, -0.05) is 37.5 Å². The number of aliphatic hydroxyl groups is 1. The molecule has 0 bridgehead atoms. The Morgan fingerprint density at radius 1 is 1.22 bits per heavy atom. The van der Waals surface area contributed by atoms with E-state index in [1.54, 1.807) is 6.07 Å². The number of benzene rings is 1. The van der Waals surface area contributed by atoms with Crippen LogP contribution in [0.25, 0.3) is 10.9 Å². The maximum absolute atomic E-state index is 12.1. The third-order valence-corrected chi connectivity index (χ3v) is 4.58. The van der Waals surface area contributed by atoms with Crippen molar-refractivity contribution in [2.75, 3.05) is 6.54 Å². The average Bonchev–Trinajstić information content (AvgIpc) is 2.54. The molecule has 1 fully saturated rings. The molecule has 1 aromatic carbocycles. The highest BCUT2D eigenvalue weighted by Crippen LogP contribution is 2.27. The van der Waals surface area contributed by atoms with E-state index in [1.807, 2.05) is 24.3 Å². The predicted octanol–water partition coefficient (Wildman–Crippen LogP) is 1.88. The molecule has 3 rings (SSSR count). The summed E-state index contributed by atoms with van der Waals surface area (Å²) in [7, 11) is 0. The van der Waals surface area contributed by atoms with Crippen molar-refractivity contribution in [3.63, 3.8) is 0 Å². The molecular weight excluding hydrogens is 292 g/mol. The minimum absolute atomic E-state index is 0.0241. The summed E-state index contributed by atoms with van der Waals surface area (Å²) >= 11 is 0. The maximum atomic E-state index is 12.1. The highest BCUT2D eigenvalue weighted by Gasteiger charge is 2.29. The van der Waals surface area contributed by atoms with Crippen LogP contribution in [0.3, 0.4) is 0 Å². The zero-order valence-corrected chi connectivity index (χ0v) is 13.1. The monoisotopic (exact) mass is 314 g/mol. The topological polar surface area (TPSA) is 82.2 Å². The van der Waals surface area contributed by atoms with Crippen molar-refractivity contribution in [1.82, 2.24) is 10.3 Å². The van der Waals surface area contributed by atoms with Crippen molar-refractivity contribution in [2.45, 2.75) is 44.1 Å². The molecule has 2 aromatic rings. The summed E-state index contributed by atoms with van der Waals surface area (Å²) in [6, 6.07) is 9.23. The number of carbonyl (C=O) groups excluding carboxylic acids is 1. The van der Waals surface area contributed by atoms with E-state index in [2.05, 4.69) is 10.3 Å². The molecule has 0 spiro atoms. The first-order valence-corrected chi connectivity index (χ1v) is 8.16. The summed E-state index contributed by atoms with van der Waals surface area (Å²) in [4.78, 5) is 27.0. The first-order valence-electron chi connectivity index (χ1n) is 8.16. The molecule has 23 heavy (non-hydrogen) atoms. The number of hydrogen-bond acceptors (Lipinski definition) is 3. The lowest BCUT2D eigenvalue weighted by atomic mass is 9.85. The van der Waals surface area contributed by atoms with E-state index >= 15 is 0 Å². The number of pyridine rings is 1. The molecule has 5 heteroatoms. The summed E-state index contributed by atoms with van der Waals surface area (Å²) in [6.45, 7) is 0.261. The van der Waals surface area contributed by atoms with Gasteiger partial charge in [-0.05, 0) is 30.4 Å². The second-order valence-corrected chi connectivity index (χ2v) is 6.45. The van der Waals surface area contributed by atoms with Crippen LogP contribution < -0.4 is 10.9 Å². The molecular formula is C18H22N2O3. The number of amides is 1. The average molecular weight is 314 g/mol. The van der Waals surface area contributed by atoms with Crippen molar-refractivity contribution in [1.29, 1.82) is 0 Å². The molecule has 0 unspecified atom stereocenters. The van der Waals surface area contributed by atoms with E-state index in [1.165, 1.54) is 0 Å². The third-order valence-electron chi connectivity index (χ3n) is 4.58. The van der Waals surface area contributed by atoms with Gasteiger partial charge in [0.1, 0.15) is 0 Å². The number of H-pyrrole nitrogens is 1. The molecule has 1 aliphatic carbocycles. The van der Waals surface area contributed by atoms with Crippen LogP contribution in [0.2, 0.25) is 0 Å². The van der Waals surface area contributed by atoms with Crippen LogP contribution in [0.4, 0.5) is 0 Å². The fourth-order valence-electron chi connectivity index (χ4n) is 3.21. The Bertz CT molecular complexity index is 760. The molecule has 1 aliphatic rings. The molecule has 122 valence electrons. The quantitative estimate of drug-likeness (QED) is 0.806. The Hall–Kier alpha value is -2.14. The van der Waals surface area contributed by atoms with Crippen LogP contribution in [-0.2, 0) is 11.2 Å². The van der Waals surface area contributed by atoms with Crippen LogP contribution in [0.15, 0.2) is 35.1 Å². The van der Waals surface area contributed by atoms with Crippen molar-refractivity contribution < 1.29 is 9.90 Å². The van der Waals surface area contributed by atoms with Gasteiger partial charge in [-0.15, -0.1) is 0 Å². The van der Waals surface area contributed by atoms with Crippen molar-refractivity contribution in [2.24, 2.45) is 0 Å². The van der Waals surface area contributed by atoms with Gasteiger partial charge in [0.05, 0.1) is 12.0 Å². The van der Waals surface area contributed by atoms with E-state index < -0.39 is 5.60 Å². The van der Waals surface area contributed by atoms with E-state index in [9.17, 15) is 14.7 Å². The molecule has 1 saturated carbocycles. The number of aromatic amines is 1. The van der Waals surface area contributed by atoms with Crippen LogP contribution in [0.5, 0.6) is 0 Å². The molecule has 0 radical (unpaired) electrons. The SMILES string of the molecule is O=C(Cc1cc2ccccc2[nH]c1=O)NCC1(O)CCCCC1. The minimum Gasteiger partial charge on any atom is -0.388 e. The Labute approximate surface area is 134 Å². The maximum Gasteiger partial charge on any atom is 0.252 e. The first kappa shape index (κ1) is 15.7. The molecule has 1 heterocycles. The van der Waals surface area contributed by atoms with E-state index in [4.69, 9.17) is 0 Å². The van der Waals surface area contributed by atoms with Crippen molar-refractivity contribution in [3.8, 4) is 0 Å². The van der Waals surface area contributed by atoms with Crippen molar-refractivity contribution >= 4 is 16.8 Å². The van der Waals surface area contributed by atoms with Gasteiger partial charge in [-0.2, -0.15) is 0 Å². The number of hydrogen-bond donors (Lipinski definition) is 3. The standard InChI is InChI=1S/C18H22N2O3/c21-16(19-12-18(23)8-4-1-5-9-18)11-14-10-13-6-2-3-7-15(13)20-17(14)22/h2-3,6-7,10,23H,1,4-5,8-9,11-12H2,(H,19,21)(H,20,22). The van der Waals surface area contributed by atoms with E-state index in [-0.39, 0.29) is 24.4 Å².